The lowest BCUT2D eigenvalue weighted by Crippen LogP contribution is -2.47. The van der Waals surface area contributed by atoms with Gasteiger partial charge in [-0.25, -0.2) is 4.79 Å². The van der Waals surface area contributed by atoms with Crippen LogP contribution in [0.25, 0.3) is 0 Å². The molecule has 0 bridgehead atoms. The molecule has 1 N–H and O–H groups in total. The zero-order valence-electron chi connectivity index (χ0n) is 19.1. The van der Waals surface area contributed by atoms with E-state index in [1.807, 2.05) is 25.7 Å². The van der Waals surface area contributed by atoms with Gasteiger partial charge >= 0.3 is 6.09 Å². The summed E-state index contributed by atoms with van der Waals surface area (Å²) in [5.74, 6) is 0.961. The number of hydrogen-bond acceptors (Lipinski definition) is 5. The van der Waals surface area contributed by atoms with Crippen LogP contribution in [0.3, 0.4) is 0 Å². The average molecular weight is 537 g/mol. The number of carbonyl (C=O) groups is 1. The van der Waals surface area contributed by atoms with Crippen molar-refractivity contribution in [3.63, 3.8) is 0 Å². The Morgan fingerprint density at radius 1 is 1.20 bits per heavy atom. The van der Waals surface area contributed by atoms with Crippen molar-refractivity contribution in [1.82, 2.24) is 20.0 Å². The van der Waals surface area contributed by atoms with E-state index >= 15 is 0 Å². The highest BCUT2D eigenvalue weighted by molar-refractivity contribution is 14.0. The molecule has 0 aromatic carbocycles. The second kappa shape index (κ2) is 11.7. The summed E-state index contributed by atoms with van der Waals surface area (Å²) in [6.07, 6.45) is 3.08. The minimum atomic E-state index is -0.466. The lowest BCUT2D eigenvalue weighted by atomic mass is 10.2. The first-order valence-corrected chi connectivity index (χ1v) is 11.2. The van der Waals surface area contributed by atoms with Gasteiger partial charge in [-0.1, -0.05) is 0 Å². The zero-order chi connectivity index (χ0) is 20.9. The molecular formula is C21H40IN5O3. The maximum atomic E-state index is 12.5. The highest BCUT2D eigenvalue weighted by Gasteiger charge is 2.35. The summed E-state index contributed by atoms with van der Waals surface area (Å²) in [6, 6.07) is 0.896. The van der Waals surface area contributed by atoms with Gasteiger partial charge in [-0.05, 0) is 47.0 Å². The van der Waals surface area contributed by atoms with Gasteiger partial charge in [-0.2, -0.15) is 0 Å². The van der Waals surface area contributed by atoms with Gasteiger partial charge in [-0.15, -0.1) is 24.0 Å². The normalized spacial score (nSPS) is 23.1. The van der Waals surface area contributed by atoms with E-state index in [2.05, 4.69) is 22.0 Å². The number of rotatable bonds is 6. The second-order valence-corrected chi connectivity index (χ2v) is 9.18. The largest absolute Gasteiger partial charge is 0.444 e. The fourth-order valence-electron chi connectivity index (χ4n) is 3.99. The van der Waals surface area contributed by atoms with Crippen molar-refractivity contribution in [2.45, 2.75) is 64.6 Å². The van der Waals surface area contributed by atoms with Crippen LogP contribution in [-0.2, 0) is 9.47 Å². The molecule has 3 rings (SSSR count). The van der Waals surface area contributed by atoms with E-state index in [1.54, 1.807) is 0 Å². The van der Waals surface area contributed by atoms with Crippen molar-refractivity contribution in [2.24, 2.45) is 4.99 Å². The van der Waals surface area contributed by atoms with E-state index in [0.29, 0.717) is 25.2 Å². The number of likely N-dealkylation sites (tertiary alicyclic amines) is 1. The molecule has 2 saturated heterocycles. The second-order valence-electron chi connectivity index (χ2n) is 9.18. The molecule has 0 aromatic heterocycles. The van der Waals surface area contributed by atoms with Crippen LogP contribution in [0.2, 0.25) is 0 Å². The van der Waals surface area contributed by atoms with Crippen molar-refractivity contribution >= 4 is 36.0 Å². The standard InChI is InChI=1S/C21H39N5O3.HI/c1-5-22-19(25-10-8-18(16-25)24-12-14-28-15-13-24)23-9-11-26(17-6-7-17)20(27)29-21(2,3)4;/h17-18H,5-16H2,1-4H3,(H,22,23);1H. The number of hydrogen-bond donors (Lipinski definition) is 1. The van der Waals surface area contributed by atoms with E-state index in [9.17, 15) is 4.79 Å². The van der Waals surface area contributed by atoms with Gasteiger partial charge in [-0.3, -0.25) is 9.89 Å². The number of morpholine rings is 1. The van der Waals surface area contributed by atoms with Crippen LogP contribution in [0, 0.1) is 0 Å². The van der Waals surface area contributed by atoms with Gasteiger partial charge in [0, 0.05) is 51.4 Å². The molecule has 1 unspecified atom stereocenters. The summed E-state index contributed by atoms with van der Waals surface area (Å²) in [5, 5.41) is 3.43. The van der Waals surface area contributed by atoms with E-state index in [4.69, 9.17) is 14.5 Å². The molecule has 1 aliphatic carbocycles. The Morgan fingerprint density at radius 2 is 1.90 bits per heavy atom. The Balaban J connectivity index is 0.00000320. The maximum Gasteiger partial charge on any atom is 0.410 e. The molecule has 30 heavy (non-hydrogen) atoms. The fourth-order valence-corrected chi connectivity index (χ4v) is 3.99. The molecule has 9 heteroatoms. The summed E-state index contributed by atoms with van der Waals surface area (Å²) < 4.78 is 11.1. The van der Waals surface area contributed by atoms with Gasteiger partial charge in [0.15, 0.2) is 5.96 Å². The molecule has 0 radical (unpaired) electrons. The summed E-state index contributed by atoms with van der Waals surface area (Å²) in [4.78, 5) is 24.1. The number of aliphatic imine (C=N–C) groups is 1. The molecule has 8 nitrogen and oxygen atoms in total. The highest BCUT2D eigenvalue weighted by atomic mass is 127. The molecule has 3 aliphatic rings. The van der Waals surface area contributed by atoms with E-state index in [1.165, 1.54) is 0 Å². The third-order valence-corrected chi connectivity index (χ3v) is 5.58. The first-order valence-electron chi connectivity index (χ1n) is 11.2. The van der Waals surface area contributed by atoms with Crippen LogP contribution < -0.4 is 5.32 Å². The number of halogens is 1. The van der Waals surface area contributed by atoms with Crippen molar-refractivity contribution in [1.29, 1.82) is 0 Å². The van der Waals surface area contributed by atoms with Gasteiger partial charge < -0.3 is 24.6 Å². The van der Waals surface area contributed by atoms with Crippen molar-refractivity contribution in [2.75, 3.05) is 59.0 Å². The van der Waals surface area contributed by atoms with Crippen molar-refractivity contribution in [3.8, 4) is 0 Å². The fraction of sp³-hybridized carbons (Fsp3) is 0.905. The first-order chi connectivity index (χ1) is 13.9. The van der Waals surface area contributed by atoms with E-state index in [0.717, 1.165) is 71.2 Å². The van der Waals surface area contributed by atoms with Crippen LogP contribution in [0.1, 0.15) is 47.0 Å². The lowest BCUT2D eigenvalue weighted by molar-refractivity contribution is 0.0194. The monoisotopic (exact) mass is 537 g/mol. The van der Waals surface area contributed by atoms with Gasteiger partial charge in [0.1, 0.15) is 5.60 Å². The average Bonchev–Trinajstić information content (AvgIpc) is 3.38. The number of amides is 1. The Labute approximate surface area is 198 Å². The highest BCUT2D eigenvalue weighted by Crippen LogP contribution is 2.28. The number of nitrogens with one attached hydrogen (secondary N) is 1. The van der Waals surface area contributed by atoms with Crippen molar-refractivity contribution < 1.29 is 14.3 Å². The zero-order valence-corrected chi connectivity index (χ0v) is 21.4. The summed E-state index contributed by atoms with van der Waals surface area (Å²) >= 11 is 0. The molecule has 3 fully saturated rings. The first kappa shape index (κ1) is 25.5. The van der Waals surface area contributed by atoms with Crippen LogP contribution >= 0.6 is 24.0 Å². The summed E-state index contributed by atoms with van der Waals surface area (Å²) in [6.45, 7) is 15.6. The van der Waals surface area contributed by atoms with Gasteiger partial charge in [0.05, 0.1) is 19.8 Å². The minimum Gasteiger partial charge on any atom is -0.444 e. The van der Waals surface area contributed by atoms with Gasteiger partial charge in [0.2, 0.25) is 0 Å². The molecule has 1 amide bonds. The molecule has 174 valence electrons. The van der Waals surface area contributed by atoms with E-state index in [-0.39, 0.29) is 30.1 Å². The maximum absolute atomic E-state index is 12.5. The number of nitrogens with zero attached hydrogens (tertiary/aromatic N) is 4. The quantitative estimate of drug-likeness (QED) is 0.319. The predicted molar refractivity (Wildman–Crippen MR) is 130 cm³/mol. The Morgan fingerprint density at radius 3 is 2.50 bits per heavy atom. The summed E-state index contributed by atoms with van der Waals surface area (Å²) in [5.41, 5.74) is -0.466. The SMILES string of the molecule is CCNC(=NCCN(C(=O)OC(C)(C)C)C1CC1)N1CCC(N2CCOCC2)C1.I. The molecule has 1 saturated carbocycles. The minimum absolute atomic E-state index is 0. The third-order valence-electron chi connectivity index (χ3n) is 5.58. The predicted octanol–water partition coefficient (Wildman–Crippen LogP) is 2.38. The molecule has 0 spiro atoms. The Bertz CT molecular complexity index is 573. The Hall–Kier alpha value is -0.810. The van der Waals surface area contributed by atoms with Crippen LogP contribution in [0.4, 0.5) is 4.79 Å². The summed E-state index contributed by atoms with van der Waals surface area (Å²) in [7, 11) is 0. The third kappa shape index (κ3) is 7.71. The molecule has 1 atom stereocenters. The van der Waals surface area contributed by atoms with Crippen molar-refractivity contribution in [3.05, 3.63) is 0 Å². The van der Waals surface area contributed by atoms with Crippen LogP contribution in [0.15, 0.2) is 4.99 Å². The number of guanidine groups is 1. The molecular weight excluding hydrogens is 497 g/mol. The number of carbonyl (C=O) groups excluding carboxylic acids is 1. The van der Waals surface area contributed by atoms with E-state index < -0.39 is 5.60 Å². The lowest BCUT2D eigenvalue weighted by Gasteiger charge is -2.32. The number of ether oxygens (including phenoxy) is 2. The van der Waals surface area contributed by atoms with Crippen LogP contribution in [-0.4, -0.2) is 103 Å². The van der Waals surface area contributed by atoms with Gasteiger partial charge in [0.25, 0.3) is 0 Å². The Kier molecular flexibility index (Phi) is 9.93. The molecule has 2 aliphatic heterocycles. The van der Waals surface area contributed by atoms with Crippen LogP contribution in [0.5, 0.6) is 0 Å². The smallest absolute Gasteiger partial charge is 0.410 e. The topological polar surface area (TPSA) is 69.6 Å². The molecule has 0 aromatic rings. The molecule has 2 heterocycles.